The normalized spacial score (nSPS) is 20.3. The van der Waals surface area contributed by atoms with Gasteiger partial charge in [-0.1, -0.05) is 0 Å². The van der Waals surface area contributed by atoms with Crippen LogP contribution in [0.5, 0.6) is 0 Å². The van der Waals surface area contributed by atoms with Crippen LogP contribution in [0.3, 0.4) is 0 Å². The van der Waals surface area contributed by atoms with Gasteiger partial charge in [-0.05, 0) is 37.6 Å². The fourth-order valence-electron chi connectivity index (χ4n) is 3.19. The first-order valence-corrected chi connectivity index (χ1v) is 9.43. The summed E-state index contributed by atoms with van der Waals surface area (Å²) in [7, 11) is -1.87. The van der Waals surface area contributed by atoms with Gasteiger partial charge < -0.3 is 4.57 Å². The zero-order valence-corrected chi connectivity index (χ0v) is 14.4. The summed E-state index contributed by atoms with van der Waals surface area (Å²) in [4.78, 5) is 6.23. The molecule has 0 saturated carbocycles. The third kappa shape index (κ3) is 3.80. The van der Waals surface area contributed by atoms with E-state index in [1.165, 1.54) is 6.07 Å². The minimum absolute atomic E-state index is 0.271. The number of nitrogens with two attached hydrogens (primary N) is 1. The van der Waals surface area contributed by atoms with Crippen LogP contribution in [0.1, 0.15) is 24.2 Å². The Kier molecular flexibility index (Phi) is 4.54. The van der Waals surface area contributed by atoms with E-state index in [-0.39, 0.29) is 5.52 Å². The molecule has 0 radical (unpaired) electrons. The quantitative estimate of drug-likeness (QED) is 0.886. The van der Waals surface area contributed by atoms with Crippen LogP contribution in [0.25, 0.3) is 11.0 Å². The summed E-state index contributed by atoms with van der Waals surface area (Å²) in [6.45, 7) is 1.36. The maximum absolute atomic E-state index is 12.8. The number of alkyl halides is 3. The molecule has 1 saturated heterocycles. The molecule has 0 amide bonds. The molecule has 0 aliphatic carbocycles. The molecule has 138 valence electrons. The third-order valence-electron chi connectivity index (χ3n) is 4.59. The van der Waals surface area contributed by atoms with E-state index in [1.807, 2.05) is 4.90 Å². The first-order chi connectivity index (χ1) is 11.6. The summed E-state index contributed by atoms with van der Waals surface area (Å²) in [5, 5.41) is 4.61. The zero-order chi connectivity index (χ0) is 18.4. The van der Waals surface area contributed by atoms with Crippen molar-refractivity contribution in [3.05, 3.63) is 29.6 Å². The topological polar surface area (TPSA) is 81.2 Å². The number of sulfonamides is 1. The summed E-state index contributed by atoms with van der Waals surface area (Å²) in [6, 6.07) is 3.46. The van der Waals surface area contributed by atoms with Crippen LogP contribution in [0.2, 0.25) is 0 Å². The molecule has 1 aliphatic rings. The Labute approximate surface area is 143 Å². The van der Waals surface area contributed by atoms with Gasteiger partial charge in [0, 0.05) is 13.6 Å². The minimum Gasteiger partial charge on any atom is -0.330 e. The Balaban J connectivity index is 1.85. The number of likely N-dealkylation sites (tertiary alicyclic amines) is 1. The fraction of sp³-hybridized carbons (Fsp3) is 0.533. The number of primary sulfonamides is 1. The summed E-state index contributed by atoms with van der Waals surface area (Å²) >= 11 is 0. The van der Waals surface area contributed by atoms with Crippen LogP contribution >= 0.6 is 0 Å². The SMILES string of the molecule is Cn1c(CN2CCCC(S(N)(=O)=O)C2)nc2cc(C(F)(F)F)ccc21. The first kappa shape index (κ1) is 18.2. The Morgan fingerprint density at radius 2 is 2.08 bits per heavy atom. The molecule has 0 spiro atoms. The molecule has 1 fully saturated rings. The van der Waals surface area contributed by atoms with E-state index in [0.717, 1.165) is 12.1 Å². The summed E-state index contributed by atoms with van der Waals surface area (Å²) < 4.78 is 63.3. The first-order valence-electron chi connectivity index (χ1n) is 7.82. The Bertz CT molecular complexity index is 892. The molecule has 10 heteroatoms. The van der Waals surface area contributed by atoms with Crippen molar-refractivity contribution in [1.29, 1.82) is 0 Å². The number of aryl methyl sites for hydroxylation is 1. The molecule has 2 N–H and O–H groups in total. The molecule has 1 aromatic heterocycles. The Morgan fingerprint density at radius 3 is 2.72 bits per heavy atom. The maximum atomic E-state index is 12.8. The summed E-state index contributed by atoms with van der Waals surface area (Å²) in [5.74, 6) is 0.587. The van der Waals surface area contributed by atoms with Crippen molar-refractivity contribution in [2.45, 2.75) is 30.8 Å². The van der Waals surface area contributed by atoms with E-state index < -0.39 is 27.0 Å². The average Bonchev–Trinajstić information content (AvgIpc) is 2.82. The average molecular weight is 376 g/mol. The van der Waals surface area contributed by atoms with Gasteiger partial charge in [-0.2, -0.15) is 13.2 Å². The monoisotopic (exact) mass is 376 g/mol. The molecule has 2 heterocycles. The lowest BCUT2D eigenvalue weighted by Gasteiger charge is -2.31. The van der Waals surface area contributed by atoms with Gasteiger partial charge in [0.05, 0.1) is 28.4 Å². The second-order valence-electron chi connectivity index (χ2n) is 6.38. The minimum atomic E-state index is -4.42. The van der Waals surface area contributed by atoms with Crippen LogP contribution in [0, 0.1) is 0 Å². The number of rotatable bonds is 3. The Hall–Kier alpha value is -1.65. The highest BCUT2D eigenvalue weighted by molar-refractivity contribution is 7.89. The van der Waals surface area contributed by atoms with E-state index in [2.05, 4.69) is 4.98 Å². The zero-order valence-electron chi connectivity index (χ0n) is 13.6. The van der Waals surface area contributed by atoms with Gasteiger partial charge in [-0.25, -0.2) is 18.5 Å². The molecule has 2 aromatic rings. The molecular weight excluding hydrogens is 357 g/mol. The smallest absolute Gasteiger partial charge is 0.330 e. The molecule has 1 aromatic carbocycles. The van der Waals surface area contributed by atoms with Crippen molar-refractivity contribution in [1.82, 2.24) is 14.5 Å². The van der Waals surface area contributed by atoms with Crippen LogP contribution < -0.4 is 5.14 Å². The van der Waals surface area contributed by atoms with E-state index in [4.69, 9.17) is 5.14 Å². The molecule has 25 heavy (non-hydrogen) atoms. The van der Waals surface area contributed by atoms with Crippen molar-refractivity contribution in [3.63, 3.8) is 0 Å². The number of benzene rings is 1. The summed E-state index contributed by atoms with van der Waals surface area (Å²) in [5.41, 5.74) is 0.132. The van der Waals surface area contributed by atoms with E-state index in [1.54, 1.807) is 11.6 Å². The van der Waals surface area contributed by atoms with Crippen LogP contribution in [-0.4, -0.2) is 41.2 Å². The van der Waals surface area contributed by atoms with Gasteiger partial charge in [-0.15, -0.1) is 0 Å². The summed E-state index contributed by atoms with van der Waals surface area (Å²) in [6.07, 6.45) is -3.20. The number of piperidine rings is 1. The van der Waals surface area contributed by atoms with Crippen molar-refractivity contribution >= 4 is 21.1 Å². The maximum Gasteiger partial charge on any atom is 0.416 e. The van der Waals surface area contributed by atoms with Gasteiger partial charge in [0.2, 0.25) is 10.0 Å². The van der Waals surface area contributed by atoms with Gasteiger partial charge in [0.15, 0.2) is 0 Å². The molecule has 0 bridgehead atoms. The highest BCUT2D eigenvalue weighted by Gasteiger charge is 2.31. The molecule has 3 rings (SSSR count). The number of imidazole rings is 1. The lowest BCUT2D eigenvalue weighted by molar-refractivity contribution is -0.137. The number of nitrogens with zero attached hydrogens (tertiary/aromatic N) is 3. The van der Waals surface area contributed by atoms with Gasteiger partial charge in [-0.3, -0.25) is 4.90 Å². The third-order valence-corrected chi connectivity index (χ3v) is 5.91. The predicted molar refractivity (Wildman–Crippen MR) is 87.1 cm³/mol. The molecular formula is C15H19F3N4O2S. The van der Waals surface area contributed by atoms with Crippen LogP contribution in [0.15, 0.2) is 18.2 Å². The Morgan fingerprint density at radius 1 is 1.36 bits per heavy atom. The van der Waals surface area contributed by atoms with E-state index >= 15 is 0 Å². The van der Waals surface area contributed by atoms with Crippen LogP contribution in [0.4, 0.5) is 13.2 Å². The molecule has 1 unspecified atom stereocenters. The van der Waals surface area contributed by atoms with E-state index in [0.29, 0.717) is 43.8 Å². The van der Waals surface area contributed by atoms with E-state index in [9.17, 15) is 21.6 Å². The standard InChI is InChI=1S/C15H19F3N4O2S/c1-21-13-5-4-10(15(16,17)18)7-12(13)20-14(21)9-22-6-2-3-11(8-22)25(19,23)24/h4-5,7,11H,2-3,6,8-9H2,1H3,(H2,19,23,24). The van der Waals surface area contributed by atoms with Gasteiger partial charge >= 0.3 is 6.18 Å². The highest BCUT2D eigenvalue weighted by Crippen LogP contribution is 2.31. The van der Waals surface area contributed by atoms with Gasteiger partial charge in [0.25, 0.3) is 0 Å². The van der Waals surface area contributed by atoms with Gasteiger partial charge in [0.1, 0.15) is 5.82 Å². The fourth-order valence-corrected chi connectivity index (χ4v) is 4.11. The number of aromatic nitrogens is 2. The second kappa shape index (κ2) is 6.26. The number of halogens is 3. The lowest BCUT2D eigenvalue weighted by atomic mass is 10.1. The van der Waals surface area contributed by atoms with Crippen molar-refractivity contribution in [2.75, 3.05) is 13.1 Å². The number of fused-ring (bicyclic) bond motifs is 1. The lowest BCUT2D eigenvalue weighted by Crippen LogP contribution is -2.44. The van der Waals surface area contributed by atoms with Crippen molar-refractivity contribution in [2.24, 2.45) is 12.2 Å². The highest BCUT2D eigenvalue weighted by atomic mass is 32.2. The van der Waals surface area contributed by atoms with Crippen LogP contribution in [-0.2, 0) is 29.8 Å². The second-order valence-corrected chi connectivity index (χ2v) is 8.22. The van der Waals surface area contributed by atoms with Crippen molar-refractivity contribution < 1.29 is 21.6 Å². The number of hydrogen-bond donors (Lipinski definition) is 1. The molecule has 6 nitrogen and oxygen atoms in total. The van der Waals surface area contributed by atoms with Crippen molar-refractivity contribution in [3.8, 4) is 0 Å². The number of hydrogen-bond acceptors (Lipinski definition) is 4. The molecule has 1 atom stereocenters. The largest absolute Gasteiger partial charge is 0.416 e. The molecule has 1 aliphatic heterocycles. The predicted octanol–water partition coefficient (Wildman–Crippen LogP) is 1.85.